The van der Waals surface area contributed by atoms with E-state index in [0.717, 1.165) is 22.6 Å². The number of halogens is 16. The summed E-state index contributed by atoms with van der Waals surface area (Å²) in [5.74, 6) is -46.2. The van der Waals surface area contributed by atoms with Crippen molar-refractivity contribution in [2.75, 3.05) is 0 Å². The van der Waals surface area contributed by atoms with Gasteiger partial charge in [-0.2, -0.15) is 65.9 Å². The molecule has 0 N–H and O–H groups in total. The third-order valence-electron chi connectivity index (χ3n) is 3.71. The van der Waals surface area contributed by atoms with Gasteiger partial charge in [-0.25, -0.2) is 0 Å². The van der Waals surface area contributed by atoms with Gasteiger partial charge in [0.25, 0.3) is 0 Å². The molecule has 0 saturated carbocycles. The van der Waals surface area contributed by atoms with Gasteiger partial charge in [0.05, 0.1) is 0 Å². The molecule has 0 aromatic rings. The van der Waals surface area contributed by atoms with Crippen LogP contribution in [0.3, 0.4) is 0 Å². The summed E-state index contributed by atoms with van der Waals surface area (Å²) in [6.07, 6.45) is -8.12. The third kappa shape index (κ3) is 4.76. The average molecular weight is 592 g/mol. The highest BCUT2D eigenvalue weighted by molar-refractivity contribution is 14.1. The molecule has 0 fully saturated rings. The van der Waals surface area contributed by atoms with Gasteiger partial charge in [0.1, 0.15) is 0 Å². The van der Waals surface area contributed by atoms with Gasteiger partial charge < -0.3 is 0 Å². The molecule has 0 aliphatic rings. The molecule has 180 valence electrons. The molecule has 0 bridgehead atoms. The number of alkyl halides is 15. The fourth-order valence-electron chi connectivity index (χ4n) is 1.88. The molecule has 0 atom stereocenters. The molecule has 0 amide bonds. The predicted molar refractivity (Wildman–Crippen MR) is 82.0 cm³/mol. The van der Waals surface area contributed by atoms with Crippen molar-refractivity contribution in [3.05, 3.63) is 9.66 Å². The van der Waals surface area contributed by atoms with Gasteiger partial charge in [0, 0.05) is 6.08 Å². The van der Waals surface area contributed by atoms with Gasteiger partial charge >= 0.3 is 41.7 Å². The lowest BCUT2D eigenvalue weighted by molar-refractivity contribution is -0.449. The van der Waals surface area contributed by atoms with E-state index in [9.17, 15) is 65.9 Å². The van der Waals surface area contributed by atoms with Crippen LogP contribution in [-0.4, -0.2) is 41.7 Å². The van der Waals surface area contributed by atoms with E-state index in [2.05, 4.69) is 0 Å². The van der Waals surface area contributed by atoms with E-state index in [1.165, 1.54) is 0 Å². The van der Waals surface area contributed by atoms with Crippen LogP contribution < -0.4 is 0 Å². The zero-order valence-electron chi connectivity index (χ0n) is 14.5. The van der Waals surface area contributed by atoms with Crippen LogP contribution in [0.1, 0.15) is 32.6 Å². The highest BCUT2D eigenvalue weighted by Crippen LogP contribution is 2.62. The lowest BCUT2D eigenvalue weighted by atomic mass is 9.91. The Bertz CT molecular complexity index is 617. The predicted octanol–water partition coefficient (Wildman–Crippen LogP) is 8.26. The second-order valence-corrected chi connectivity index (χ2v) is 7.43. The number of hydrogen-bond acceptors (Lipinski definition) is 0. The largest absolute Gasteiger partial charge is 0.460 e. The highest BCUT2D eigenvalue weighted by atomic mass is 127. The Labute approximate surface area is 173 Å². The molecule has 16 heteroatoms. The van der Waals surface area contributed by atoms with Crippen molar-refractivity contribution < 1.29 is 65.9 Å². The summed E-state index contributed by atoms with van der Waals surface area (Å²) in [4.78, 5) is 0. The quantitative estimate of drug-likeness (QED) is 0.136. The van der Waals surface area contributed by atoms with Gasteiger partial charge in [-0.05, 0) is 39.0 Å². The maximum Gasteiger partial charge on any atom is 0.460 e. The Morgan fingerprint density at radius 1 is 0.600 bits per heavy atom. The Hall–Kier alpha value is -0.580. The second-order valence-electron chi connectivity index (χ2n) is 6.04. The first-order chi connectivity index (χ1) is 13.0. The van der Waals surface area contributed by atoms with E-state index in [4.69, 9.17) is 0 Å². The molecule has 0 saturated heterocycles. The summed E-state index contributed by atoms with van der Waals surface area (Å²) < 4.78 is 194. The van der Waals surface area contributed by atoms with Crippen LogP contribution in [0.15, 0.2) is 9.66 Å². The maximum atomic E-state index is 13.6. The second kappa shape index (κ2) is 8.75. The first-order valence-corrected chi connectivity index (χ1v) is 8.74. The average Bonchev–Trinajstić information content (AvgIpc) is 2.52. The first-order valence-electron chi connectivity index (χ1n) is 7.66. The molecule has 0 heterocycles. The minimum absolute atomic E-state index is 0.0509. The third-order valence-corrected chi connectivity index (χ3v) is 4.56. The smallest absolute Gasteiger partial charge is 0.195 e. The standard InChI is InChI=1S/C14H12F15I/c1-2-3-4-5-7(30)6-8(15,16)9(17,18)10(19,20)11(21,22)12(23,24)13(25,26)14(27,28)29/h6H,2-5H2,1H3. The Balaban J connectivity index is 6.32. The minimum Gasteiger partial charge on any atom is -0.195 e. The molecule has 0 aromatic heterocycles. The summed E-state index contributed by atoms with van der Waals surface area (Å²) in [5, 5.41) is 0. The van der Waals surface area contributed by atoms with Gasteiger partial charge in [-0.3, -0.25) is 0 Å². The Morgan fingerprint density at radius 2 is 0.967 bits per heavy atom. The summed E-state index contributed by atoms with van der Waals surface area (Å²) in [6.45, 7) is 1.62. The summed E-state index contributed by atoms with van der Waals surface area (Å²) >= 11 is 0.934. The number of unbranched alkanes of at least 4 members (excludes halogenated alkanes) is 2. The van der Waals surface area contributed by atoms with Gasteiger partial charge in [-0.15, -0.1) is 0 Å². The van der Waals surface area contributed by atoms with Crippen molar-refractivity contribution in [1.29, 1.82) is 0 Å². The number of rotatable bonds is 10. The molecule has 0 aliphatic carbocycles. The molecule has 30 heavy (non-hydrogen) atoms. The lowest BCUT2D eigenvalue weighted by Crippen LogP contribution is -2.72. The zero-order valence-corrected chi connectivity index (χ0v) is 16.6. The van der Waals surface area contributed by atoms with Crippen molar-refractivity contribution in [3.8, 4) is 0 Å². The van der Waals surface area contributed by atoms with Crippen molar-refractivity contribution in [3.63, 3.8) is 0 Å². The van der Waals surface area contributed by atoms with E-state index in [0.29, 0.717) is 12.8 Å². The van der Waals surface area contributed by atoms with E-state index in [1.54, 1.807) is 6.92 Å². The van der Waals surface area contributed by atoms with E-state index in [1.807, 2.05) is 0 Å². The maximum absolute atomic E-state index is 13.6. The molecule has 0 aromatic carbocycles. The van der Waals surface area contributed by atoms with E-state index in [-0.39, 0.29) is 6.42 Å². The SMILES string of the molecule is CCCCCC(I)=CC(F)(F)C(F)(F)C(F)(F)C(F)(F)C(F)(F)C(F)(F)C(F)(F)F. The van der Waals surface area contributed by atoms with Crippen molar-refractivity contribution in [1.82, 2.24) is 0 Å². The fraction of sp³-hybridized carbons (Fsp3) is 0.857. The van der Waals surface area contributed by atoms with Crippen LogP contribution in [0.2, 0.25) is 0 Å². The highest BCUT2D eigenvalue weighted by Gasteiger charge is 2.93. The van der Waals surface area contributed by atoms with Crippen molar-refractivity contribution >= 4 is 22.6 Å². The zero-order chi connectivity index (χ0) is 24.6. The topological polar surface area (TPSA) is 0 Å². The normalized spacial score (nSPS) is 16.2. The molecule has 0 spiro atoms. The molecule has 0 aliphatic heterocycles. The fourth-order valence-corrected chi connectivity index (χ4v) is 2.65. The number of hydrogen-bond donors (Lipinski definition) is 0. The van der Waals surface area contributed by atoms with Crippen LogP contribution >= 0.6 is 22.6 Å². The van der Waals surface area contributed by atoms with Crippen LogP contribution in [0.25, 0.3) is 0 Å². The van der Waals surface area contributed by atoms with Gasteiger partial charge in [-0.1, -0.05) is 19.8 Å². The first kappa shape index (κ1) is 29.4. The van der Waals surface area contributed by atoms with Crippen LogP contribution in [0, 0.1) is 0 Å². The molecule has 0 rings (SSSR count). The number of allylic oxidation sites excluding steroid dienone is 2. The summed E-state index contributed by atoms with van der Waals surface area (Å²) in [6, 6.07) is 0. The summed E-state index contributed by atoms with van der Waals surface area (Å²) in [5.41, 5.74) is 0. The molecular formula is C14H12F15I. The lowest BCUT2D eigenvalue weighted by Gasteiger charge is -2.41. The van der Waals surface area contributed by atoms with Gasteiger partial charge in [0.2, 0.25) is 0 Å². The molecule has 0 unspecified atom stereocenters. The monoisotopic (exact) mass is 592 g/mol. The molecular weight excluding hydrogens is 580 g/mol. The minimum atomic E-state index is -8.24. The van der Waals surface area contributed by atoms with Crippen molar-refractivity contribution in [2.24, 2.45) is 0 Å². The Kier molecular flexibility index (Phi) is 8.58. The molecule has 0 radical (unpaired) electrons. The van der Waals surface area contributed by atoms with E-state index < -0.39 is 57.8 Å². The van der Waals surface area contributed by atoms with Crippen LogP contribution in [0.5, 0.6) is 0 Å². The summed E-state index contributed by atoms with van der Waals surface area (Å²) in [7, 11) is 0. The van der Waals surface area contributed by atoms with Crippen molar-refractivity contribution in [2.45, 2.75) is 74.3 Å². The Morgan fingerprint density at radius 3 is 1.33 bits per heavy atom. The van der Waals surface area contributed by atoms with E-state index >= 15 is 0 Å². The van der Waals surface area contributed by atoms with Gasteiger partial charge in [0.15, 0.2) is 0 Å². The van der Waals surface area contributed by atoms with Crippen LogP contribution in [0.4, 0.5) is 65.9 Å². The molecule has 0 nitrogen and oxygen atoms in total. The van der Waals surface area contributed by atoms with Crippen LogP contribution in [-0.2, 0) is 0 Å².